The molecule has 0 unspecified atom stereocenters. The number of aromatic amines is 1. The third kappa shape index (κ3) is 1.69. The van der Waals surface area contributed by atoms with Gasteiger partial charge in [0.1, 0.15) is 12.0 Å². The SMILES string of the molecule is O=[N+]([O-])c1cnc2nc(-c3ccccc3)[nH]c2c1. The first-order valence-corrected chi connectivity index (χ1v) is 5.29. The van der Waals surface area contributed by atoms with E-state index in [1.54, 1.807) is 0 Å². The second kappa shape index (κ2) is 3.92. The molecule has 0 spiro atoms. The fourth-order valence-corrected chi connectivity index (χ4v) is 1.72. The molecule has 88 valence electrons. The first-order chi connectivity index (χ1) is 8.74. The highest BCUT2D eigenvalue weighted by Crippen LogP contribution is 2.21. The Morgan fingerprint density at radius 3 is 2.72 bits per heavy atom. The number of imidazole rings is 1. The Kier molecular flexibility index (Phi) is 2.26. The molecule has 3 aromatic rings. The molecule has 0 atom stereocenters. The van der Waals surface area contributed by atoms with Gasteiger partial charge in [0.15, 0.2) is 5.65 Å². The zero-order chi connectivity index (χ0) is 12.5. The van der Waals surface area contributed by atoms with E-state index in [0.29, 0.717) is 17.0 Å². The van der Waals surface area contributed by atoms with Crippen LogP contribution < -0.4 is 0 Å². The molecule has 0 amide bonds. The van der Waals surface area contributed by atoms with E-state index in [1.165, 1.54) is 12.3 Å². The molecule has 1 N–H and O–H groups in total. The summed E-state index contributed by atoms with van der Waals surface area (Å²) in [5, 5.41) is 10.7. The standard InChI is InChI=1S/C12H8N4O2/c17-16(18)9-6-10-12(13-7-9)15-11(14-10)8-4-2-1-3-5-8/h1-7H,(H,13,14,15). The van der Waals surface area contributed by atoms with Gasteiger partial charge in [0.05, 0.1) is 10.4 Å². The second-order valence-electron chi connectivity index (χ2n) is 3.77. The third-order valence-electron chi connectivity index (χ3n) is 2.58. The lowest BCUT2D eigenvalue weighted by atomic mass is 10.2. The molecule has 0 saturated heterocycles. The quantitative estimate of drug-likeness (QED) is 0.551. The van der Waals surface area contributed by atoms with Crippen LogP contribution in [0.25, 0.3) is 22.6 Å². The minimum Gasteiger partial charge on any atom is -0.336 e. The molecule has 6 nitrogen and oxygen atoms in total. The van der Waals surface area contributed by atoms with Crippen LogP contribution in [0.2, 0.25) is 0 Å². The molecule has 6 heteroatoms. The summed E-state index contributed by atoms with van der Waals surface area (Å²) in [4.78, 5) is 21.5. The van der Waals surface area contributed by atoms with Crippen molar-refractivity contribution in [2.24, 2.45) is 0 Å². The maximum Gasteiger partial charge on any atom is 0.289 e. The van der Waals surface area contributed by atoms with Gasteiger partial charge in [-0.25, -0.2) is 9.97 Å². The fourth-order valence-electron chi connectivity index (χ4n) is 1.72. The van der Waals surface area contributed by atoms with E-state index < -0.39 is 4.92 Å². The van der Waals surface area contributed by atoms with E-state index in [2.05, 4.69) is 15.0 Å². The van der Waals surface area contributed by atoms with Crippen molar-refractivity contribution in [3.8, 4) is 11.4 Å². The molecule has 0 aliphatic rings. The summed E-state index contributed by atoms with van der Waals surface area (Å²) in [5.41, 5.74) is 1.89. The first kappa shape index (κ1) is 10.4. The minimum atomic E-state index is -0.477. The average molecular weight is 240 g/mol. The van der Waals surface area contributed by atoms with Gasteiger partial charge >= 0.3 is 0 Å². The number of nitrogens with one attached hydrogen (secondary N) is 1. The summed E-state index contributed by atoms with van der Waals surface area (Å²) in [5.74, 6) is 0.651. The van der Waals surface area contributed by atoms with E-state index in [0.717, 1.165) is 5.56 Å². The van der Waals surface area contributed by atoms with Crippen molar-refractivity contribution in [2.75, 3.05) is 0 Å². The van der Waals surface area contributed by atoms with Crippen LogP contribution >= 0.6 is 0 Å². The average Bonchev–Trinajstić information content (AvgIpc) is 2.82. The number of benzene rings is 1. The molecule has 1 aromatic carbocycles. The van der Waals surface area contributed by atoms with Gasteiger partial charge in [0.2, 0.25) is 0 Å². The van der Waals surface area contributed by atoms with Crippen molar-refractivity contribution in [3.05, 3.63) is 52.7 Å². The smallest absolute Gasteiger partial charge is 0.289 e. The monoisotopic (exact) mass is 240 g/mol. The lowest BCUT2D eigenvalue weighted by molar-refractivity contribution is -0.385. The number of aromatic nitrogens is 3. The predicted octanol–water partition coefficient (Wildman–Crippen LogP) is 2.53. The molecule has 0 fully saturated rings. The molecular weight excluding hydrogens is 232 g/mol. The maximum absolute atomic E-state index is 10.7. The summed E-state index contributed by atoms with van der Waals surface area (Å²) in [6.45, 7) is 0. The Labute approximate surface area is 101 Å². The molecule has 0 bridgehead atoms. The largest absolute Gasteiger partial charge is 0.336 e. The highest BCUT2D eigenvalue weighted by atomic mass is 16.6. The van der Waals surface area contributed by atoms with E-state index in [4.69, 9.17) is 0 Å². The van der Waals surface area contributed by atoms with Crippen molar-refractivity contribution >= 4 is 16.9 Å². The molecular formula is C12H8N4O2. The second-order valence-corrected chi connectivity index (χ2v) is 3.77. The van der Waals surface area contributed by atoms with Gasteiger partial charge in [-0.05, 0) is 0 Å². The Morgan fingerprint density at radius 1 is 1.22 bits per heavy atom. The van der Waals surface area contributed by atoms with Gasteiger partial charge in [-0.3, -0.25) is 10.1 Å². The minimum absolute atomic E-state index is 0.0502. The van der Waals surface area contributed by atoms with Crippen molar-refractivity contribution in [1.82, 2.24) is 15.0 Å². The molecule has 0 aliphatic carbocycles. The number of fused-ring (bicyclic) bond motifs is 1. The van der Waals surface area contributed by atoms with E-state index >= 15 is 0 Å². The van der Waals surface area contributed by atoms with Crippen LogP contribution in [0.5, 0.6) is 0 Å². The van der Waals surface area contributed by atoms with Crippen LogP contribution in [-0.4, -0.2) is 19.9 Å². The fraction of sp³-hybridized carbons (Fsp3) is 0. The van der Waals surface area contributed by atoms with Gasteiger partial charge in [0.25, 0.3) is 5.69 Å². The van der Waals surface area contributed by atoms with Crippen LogP contribution in [0.15, 0.2) is 42.6 Å². The third-order valence-corrected chi connectivity index (χ3v) is 2.58. The summed E-state index contributed by atoms with van der Waals surface area (Å²) in [6.07, 6.45) is 1.21. The van der Waals surface area contributed by atoms with Crippen molar-refractivity contribution in [1.29, 1.82) is 0 Å². The molecule has 0 aliphatic heterocycles. The Morgan fingerprint density at radius 2 is 2.00 bits per heavy atom. The molecule has 2 heterocycles. The molecule has 2 aromatic heterocycles. The van der Waals surface area contributed by atoms with Crippen LogP contribution in [0.3, 0.4) is 0 Å². The Hall–Kier alpha value is -2.76. The number of nitrogens with zero attached hydrogens (tertiary/aromatic N) is 3. The van der Waals surface area contributed by atoms with Gasteiger partial charge in [-0.2, -0.15) is 0 Å². The van der Waals surface area contributed by atoms with Crippen LogP contribution in [0.1, 0.15) is 0 Å². The van der Waals surface area contributed by atoms with E-state index in [-0.39, 0.29) is 5.69 Å². The van der Waals surface area contributed by atoms with Crippen LogP contribution in [0.4, 0.5) is 5.69 Å². The normalized spacial score (nSPS) is 10.7. The van der Waals surface area contributed by atoms with E-state index in [1.807, 2.05) is 30.3 Å². The molecule has 0 radical (unpaired) electrons. The van der Waals surface area contributed by atoms with E-state index in [9.17, 15) is 10.1 Å². The lowest BCUT2D eigenvalue weighted by Gasteiger charge is -1.93. The predicted molar refractivity (Wildman–Crippen MR) is 66.0 cm³/mol. The van der Waals surface area contributed by atoms with Crippen molar-refractivity contribution in [3.63, 3.8) is 0 Å². The first-order valence-electron chi connectivity index (χ1n) is 5.29. The zero-order valence-corrected chi connectivity index (χ0v) is 9.20. The summed E-state index contributed by atoms with van der Waals surface area (Å²) >= 11 is 0. The topological polar surface area (TPSA) is 84.7 Å². The molecule has 0 saturated carbocycles. The van der Waals surface area contributed by atoms with Crippen LogP contribution in [0, 0.1) is 10.1 Å². The lowest BCUT2D eigenvalue weighted by Crippen LogP contribution is -1.88. The molecule has 18 heavy (non-hydrogen) atoms. The van der Waals surface area contributed by atoms with Gasteiger partial charge < -0.3 is 4.98 Å². The zero-order valence-electron chi connectivity index (χ0n) is 9.20. The van der Waals surface area contributed by atoms with Gasteiger partial charge in [-0.1, -0.05) is 30.3 Å². The highest BCUT2D eigenvalue weighted by Gasteiger charge is 2.11. The maximum atomic E-state index is 10.7. The summed E-state index contributed by atoms with van der Waals surface area (Å²) in [6, 6.07) is 11.0. The Bertz CT molecular complexity index is 721. The number of hydrogen-bond acceptors (Lipinski definition) is 4. The number of H-pyrrole nitrogens is 1. The van der Waals surface area contributed by atoms with Crippen molar-refractivity contribution in [2.45, 2.75) is 0 Å². The summed E-state index contributed by atoms with van der Waals surface area (Å²) < 4.78 is 0. The van der Waals surface area contributed by atoms with Gasteiger partial charge in [-0.15, -0.1) is 0 Å². The number of nitro groups is 1. The number of rotatable bonds is 2. The summed E-state index contributed by atoms with van der Waals surface area (Å²) in [7, 11) is 0. The van der Waals surface area contributed by atoms with Crippen LogP contribution in [-0.2, 0) is 0 Å². The van der Waals surface area contributed by atoms with Crippen molar-refractivity contribution < 1.29 is 4.92 Å². The van der Waals surface area contributed by atoms with Gasteiger partial charge in [0, 0.05) is 11.6 Å². The Balaban J connectivity index is 2.14. The number of pyridine rings is 1. The highest BCUT2D eigenvalue weighted by molar-refractivity contribution is 5.77. The number of hydrogen-bond donors (Lipinski definition) is 1. The molecule has 3 rings (SSSR count).